The lowest BCUT2D eigenvalue weighted by Crippen LogP contribution is -2.29. The Labute approximate surface area is 209 Å². The predicted molar refractivity (Wildman–Crippen MR) is 139 cm³/mol. The van der Waals surface area contributed by atoms with Crippen molar-refractivity contribution in [1.82, 2.24) is 10.3 Å². The van der Waals surface area contributed by atoms with Gasteiger partial charge in [0.05, 0.1) is 18.3 Å². The first-order valence-electron chi connectivity index (χ1n) is 11.1. The van der Waals surface area contributed by atoms with Crippen molar-refractivity contribution < 1.29 is 9.15 Å². The van der Waals surface area contributed by atoms with Gasteiger partial charge in [-0.05, 0) is 92.3 Å². The third-order valence-electron chi connectivity index (χ3n) is 5.91. The molecule has 7 heteroatoms. The lowest BCUT2D eigenvalue weighted by molar-refractivity contribution is 0.340. The quantitative estimate of drug-likeness (QED) is 0.298. The molecule has 0 saturated carbocycles. The minimum Gasteiger partial charge on any atom is -0.494 e. The number of aromatic nitrogens is 1. The van der Waals surface area contributed by atoms with Crippen LogP contribution in [0.3, 0.4) is 0 Å². The molecule has 5 nitrogen and oxygen atoms in total. The van der Waals surface area contributed by atoms with E-state index in [2.05, 4.69) is 15.2 Å². The summed E-state index contributed by atoms with van der Waals surface area (Å²) in [5.74, 6) is 2.37. The van der Waals surface area contributed by atoms with E-state index in [4.69, 9.17) is 33.0 Å². The molecule has 1 saturated heterocycles. The normalized spacial score (nSPS) is 17.6. The summed E-state index contributed by atoms with van der Waals surface area (Å²) in [6, 6.07) is 23.2. The molecule has 3 heterocycles. The summed E-state index contributed by atoms with van der Waals surface area (Å²) in [5.41, 5.74) is 3.89. The molecule has 1 aliphatic rings. The van der Waals surface area contributed by atoms with Crippen LogP contribution in [-0.2, 0) is 0 Å². The molecule has 0 amide bonds. The summed E-state index contributed by atoms with van der Waals surface area (Å²) in [4.78, 5) is 6.68. The Hall–Kier alpha value is -3.35. The molecule has 2 aromatic heterocycles. The monoisotopic (exact) mass is 489 g/mol. The lowest BCUT2D eigenvalue weighted by atomic mass is 10.0. The molecule has 1 fully saturated rings. The van der Waals surface area contributed by atoms with Crippen molar-refractivity contribution in [3.05, 3.63) is 101 Å². The number of hydrogen-bond donors (Lipinski definition) is 1. The fraction of sp³-hybridized carbons (Fsp3) is 0.185. The number of aryl methyl sites for hydroxylation is 1. The van der Waals surface area contributed by atoms with Gasteiger partial charge < -0.3 is 19.4 Å². The lowest BCUT2D eigenvalue weighted by Gasteiger charge is -2.26. The van der Waals surface area contributed by atoms with Gasteiger partial charge in [0.2, 0.25) is 0 Å². The number of benzene rings is 2. The maximum absolute atomic E-state index is 6.45. The highest BCUT2D eigenvalue weighted by Gasteiger charge is 2.42. The van der Waals surface area contributed by atoms with Crippen molar-refractivity contribution >= 4 is 34.6 Å². The Morgan fingerprint density at radius 1 is 1.09 bits per heavy atom. The van der Waals surface area contributed by atoms with Gasteiger partial charge in [-0.2, -0.15) is 0 Å². The molecule has 0 bridgehead atoms. The van der Waals surface area contributed by atoms with E-state index in [0.29, 0.717) is 16.7 Å². The Balaban J connectivity index is 1.58. The summed E-state index contributed by atoms with van der Waals surface area (Å²) >= 11 is 12.1. The van der Waals surface area contributed by atoms with E-state index in [1.165, 1.54) is 0 Å². The van der Waals surface area contributed by atoms with Crippen LogP contribution in [0.5, 0.6) is 5.75 Å². The number of furan rings is 1. The predicted octanol–water partition coefficient (Wildman–Crippen LogP) is 6.88. The first kappa shape index (κ1) is 22.4. The molecule has 0 aliphatic carbocycles. The number of halogens is 1. The summed E-state index contributed by atoms with van der Waals surface area (Å²) in [5, 5.41) is 4.74. The SMILES string of the molecule is CCOc1ccc(N2C(=S)N[C@@H](c3ccccn3)[C@@H]2c2ccc(-c3cc(Cl)ccc3C)o2)cc1. The topological polar surface area (TPSA) is 50.5 Å². The summed E-state index contributed by atoms with van der Waals surface area (Å²) in [6.07, 6.45) is 1.79. The van der Waals surface area contributed by atoms with Gasteiger partial charge in [-0.1, -0.05) is 23.7 Å². The van der Waals surface area contributed by atoms with Gasteiger partial charge in [0.1, 0.15) is 23.3 Å². The molecular formula is C27H24ClN3O2S. The first-order valence-corrected chi connectivity index (χ1v) is 11.9. The van der Waals surface area contributed by atoms with Crippen LogP contribution in [0.4, 0.5) is 5.69 Å². The van der Waals surface area contributed by atoms with Crippen LogP contribution in [0.15, 0.2) is 83.4 Å². The zero-order valence-corrected chi connectivity index (χ0v) is 20.4. The Kier molecular flexibility index (Phi) is 6.26. The van der Waals surface area contributed by atoms with Crippen LogP contribution in [-0.4, -0.2) is 16.7 Å². The summed E-state index contributed by atoms with van der Waals surface area (Å²) in [6.45, 7) is 4.63. The van der Waals surface area contributed by atoms with Crippen molar-refractivity contribution in [2.75, 3.05) is 11.5 Å². The van der Waals surface area contributed by atoms with E-state index in [1.54, 1.807) is 6.20 Å². The van der Waals surface area contributed by atoms with Crippen molar-refractivity contribution in [2.45, 2.75) is 25.9 Å². The van der Waals surface area contributed by atoms with Gasteiger partial charge in [-0.25, -0.2) is 0 Å². The van der Waals surface area contributed by atoms with Crippen LogP contribution in [0.2, 0.25) is 5.02 Å². The van der Waals surface area contributed by atoms with Gasteiger partial charge in [0, 0.05) is 22.5 Å². The average Bonchev–Trinajstić information content (AvgIpc) is 3.46. The fourth-order valence-electron chi connectivity index (χ4n) is 4.31. The van der Waals surface area contributed by atoms with E-state index in [0.717, 1.165) is 39.8 Å². The highest BCUT2D eigenvalue weighted by atomic mass is 35.5. The number of thiocarbonyl (C=S) groups is 1. The molecule has 0 radical (unpaired) electrons. The zero-order chi connectivity index (χ0) is 23.7. The third kappa shape index (κ3) is 4.27. The van der Waals surface area contributed by atoms with Crippen molar-refractivity contribution in [3.63, 3.8) is 0 Å². The zero-order valence-electron chi connectivity index (χ0n) is 18.9. The molecule has 1 N–H and O–H groups in total. The van der Waals surface area contributed by atoms with Crippen LogP contribution in [0.1, 0.15) is 36.0 Å². The smallest absolute Gasteiger partial charge is 0.174 e. The van der Waals surface area contributed by atoms with Gasteiger partial charge in [-0.15, -0.1) is 0 Å². The third-order valence-corrected chi connectivity index (χ3v) is 6.46. The largest absolute Gasteiger partial charge is 0.494 e. The molecule has 0 unspecified atom stereocenters. The number of rotatable bonds is 6. The summed E-state index contributed by atoms with van der Waals surface area (Å²) < 4.78 is 12.1. The average molecular weight is 490 g/mol. The standard InChI is InChI=1S/C27H24ClN3O2S/c1-3-32-20-11-9-19(10-12-20)31-26(25(30-27(31)34)22-6-4-5-15-29-22)24-14-13-23(33-24)21-16-18(28)8-7-17(21)2/h4-16,25-26H,3H2,1-2H3,(H,30,34)/t25-,26-/m0/s1. The molecule has 172 valence electrons. The number of ether oxygens (including phenoxy) is 1. The number of nitrogens with one attached hydrogen (secondary N) is 1. The van der Waals surface area contributed by atoms with E-state index < -0.39 is 0 Å². The molecule has 2 aromatic carbocycles. The molecule has 1 aliphatic heterocycles. The summed E-state index contributed by atoms with van der Waals surface area (Å²) in [7, 11) is 0. The van der Waals surface area contributed by atoms with E-state index in [-0.39, 0.29) is 12.1 Å². The minimum absolute atomic E-state index is 0.181. The first-order chi connectivity index (χ1) is 16.5. The van der Waals surface area contributed by atoms with Crippen LogP contribution >= 0.6 is 23.8 Å². The van der Waals surface area contributed by atoms with Crippen LogP contribution < -0.4 is 15.0 Å². The van der Waals surface area contributed by atoms with Gasteiger partial charge in [0.15, 0.2) is 5.11 Å². The number of hydrogen-bond acceptors (Lipinski definition) is 4. The molecule has 4 aromatic rings. The van der Waals surface area contributed by atoms with Gasteiger partial charge >= 0.3 is 0 Å². The maximum atomic E-state index is 6.45. The fourth-order valence-corrected chi connectivity index (χ4v) is 4.83. The molecule has 34 heavy (non-hydrogen) atoms. The second-order valence-corrected chi connectivity index (χ2v) is 8.91. The number of anilines is 1. The number of nitrogens with zero attached hydrogens (tertiary/aromatic N) is 2. The van der Waals surface area contributed by atoms with Crippen molar-refractivity contribution in [1.29, 1.82) is 0 Å². The van der Waals surface area contributed by atoms with E-state index >= 15 is 0 Å². The maximum Gasteiger partial charge on any atom is 0.174 e. The minimum atomic E-state index is -0.228. The number of pyridine rings is 1. The highest BCUT2D eigenvalue weighted by molar-refractivity contribution is 7.80. The van der Waals surface area contributed by atoms with Crippen LogP contribution in [0.25, 0.3) is 11.3 Å². The van der Waals surface area contributed by atoms with E-state index in [1.807, 2.05) is 86.6 Å². The Bertz CT molecular complexity index is 1310. The Morgan fingerprint density at radius 2 is 1.91 bits per heavy atom. The molecular weight excluding hydrogens is 466 g/mol. The molecule has 0 spiro atoms. The van der Waals surface area contributed by atoms with E-state index in [9.17, 15) is 0 Å². The van der Waals surface area contributed by atoms with Gasteiger partial charge in [-0.3, -0.25) is 4.98 Å². The molecule has 5 rings (SSSR count). The van der Waals surface area contributed by atoms with Gasteiger partial charge in [0.25, 0.3) is 0 Å². The Morgan fingerprint density at radius 3 is 2.65 bits per heavy atom. The van der Waals surface area contributed by atoms with Crippen LogP contribution in [0, 0.1) is 6.92 Å². The van der Waals surface area contributed by atoms with Crippen molar-refractivity contribution in [3.8, 4) is 17.1 Å². The second kappa shape index (κ2) is 9.49. The molecule has 2 atom stereocenters. The highest BCUT2D eigenvalue weighted by Crippen LogP contribution is 2.43. The second-order valence-electron chi connectivity index (χ2n) is 8.08. The van der Waals surface area contributed by atoms with Crippen molar-refractivity contribution in [2.24, 2.45) is 0 Å².